The summed E-state index contributed by atoms with van der Waals surface area (Å²) in [4.78, 5) is 12.2. The lowest BCUT2D eigenvalue weighted by Gasteiger charge is -2.03. The van der Waals surface area contributed by atoms with Crippen LogP contribution in [0.5, 0.6) is 0 Å². The summed E-state index contributed by atoms with van der Waals surface area (Å²) in [6.45, 7) is 3.93. The van der Waals surface area contributed by atoms with E-state index in [0.29, 0.717) is 19.8 Å². The van der Waals surface area contributed by atoms with Gasteiger partial charge in [0, 0.05) is 5.56 Å². The van der Waals surface area contributed by atoms with E-state index < -0.39 is 0 Å². The van der Waals surface area contributed by atoms with Crippen LogP contribution in [-0.2, 0) is 0 Å². The number of aryl methyl sites for hydroxylation is 2. The number of hydrogen-bond acceptors (Lipinski definition) is 2. The van der Waals surface area contributed by atoms with Gasteiger partial charge in [0.05, 0.1) is 9.90 Å². The maximum Gasteiger partial charge on any atom is 0.195 e. The highest BCUT2D eigenvalue weighted by molar-refractivity contribution is 7.20. The van der Waals surface area contributed by atoms with Crippen molar-refractivity contribution < 1.29 is 4.79 Å². The zero-order chi connectivity index (χ0) is 12.6. The van der Waals surface area contributed by atoms with Crippen molar-refractivity contribution in [2.24, 2.45) is 0 Å². The monoisotopic (exact) mass is 284 g/mol. The highest BCUT2D eigenvalue weighted by Gasteiger charge is 2.16. The summed E-state index contributed by atoms with van der Waals surface area (Å²) in [5.74, 6) is -0.0787. The van der Waals surface area contributed by atoms with E-state index in [1.807, 2.05) is 32.0 Å². The summed E-state index contributed by atoms with van der Waals surface area (Å²) in [6, 6.07) is 7.36. The van der Waals surface area contributed by atoms with Crippen LogP contribution in [0, 0.1) is 13.8 Å². The van der Waals surface area contributed by atoms with Crippen molar-refractivity contribution in [1.29, 1.82) is 0 Å². The molecule has 2 rings (SSSR count). The molecule has 0 unspecified atom stereocenters. The Kier molecular flexibility index (Phi) is 3.57. The summed E-state index contributed by atoms with van der Waals surface area (Å²) in [5.41, 5.74) is 3.25. The molecule has 0 N–H and O–H groups in total. The molecule has 1 nitrogen and oxygen atoms in total. The van der Waals surface area contributed by atoms with Crippen molar-refractivity contribution in [2.45, 2.75) is 13.8 Å². The van der Waals surface area contributed by atoms with Crippen LogP contribution in [0.1, 0.15) is 27.0 Å². The Morgan fingerprint density at radius 3 is 2.12 bits per heavy atom. The first-order valence-electron chi connectivity index (χ1n) is 5.05. The molecule has 0 fully saturated rings. The molecule has 0 spiro atoms. The minimum Gasteiger partial charge on any atom is -0.289 e. The minimum atomic E-state index is -0.0787. The first kappa shape index (κ1) is 12.6. The van der Waals surface area contributed by atoms with Gasteiger partial charge in [-0.25, -0.2) is 0 Å². The Balaban J connectivity index is 2.47. The van der Waals surface area contributed by atoms with E-state index in [9.17, 15) is 4.79 Å². The topological polar surface area (TPSA) is 17.1 Å². The quantitative estimate of drug-likeness (QED) is 0.717. The van der Waals surface area contributed by atoms with Crippen LogP contribution in [0.3, 0.4) is 0 Å². The first-order valence-corrected chi connectivity index (χ1v) is 6.62. The molecule has 0 bridgehead atoms. The van der Waals surface area contributed by atoms with Crippen molar-refractivity contribution in [2.75, 3.05) is 0 Å². The maximum absolute atomic E-state index is 12.2. The Morgan fingerprint density at radius 1 is 1.06 bits per heavy atom. The number of benzene rings is 1. The third kappa shape index (κ3) is 2.71. The SMILES string of the molecule is Cc1cc(C)cc(C(=O)c2cc(Cl)sc2Cl)c1. The van der Waals surface area contributed by atoms with Gasteiger partial charge in [-0.05, 0) is 32.0 Å². The van der Waals surface area contributed by atoms with Crippen LogP contribution in [0.4, 0.5) is 0 Å². The molecule has 88 valence electrons. The predicted molar refractivity (Wildman–Crippen MR) is 73.7 cm³/mol. The van der Waals surface area contributed by atoms with Crippen LogP contribution < -0.4 is 0 Å². The van der Waals surface area contributed by atoms with Crippen LogP contribution in [0.25, 0.3) is 0 Å². The molecule has 0 aliphatic rings. The second-order valence-corrected chi connectivity index (χ2v) is 6.23. The van der Waals surface area contributed by atoms with E-state index in [0.717, 1.165) is 11.1 Å². The lowest BCUT2D eigenvalue weighted by molar-refractivity contribution is 0.103. The van der Waals surface area contributed by atoms with Crippen molar-refractivity contribution >= 4 is 40.3 Å². The zero-order valence-electron chi connectivity index (χ0n) is 9.38. The molecule has 1 aromatic heterocycles. The van der Waals surface area contributed by atoms with E-state index in [1.54, 1.807) is 6.07 Å². The van der Waals surface area contributed by atoms with Gasteiger partial charge in [-0.2, -0.15) is 0 Å². The van der Waals surface area contributed by atoms with Gasteiger partial charge in [0.25, 0.3) is 0 Å². The number of carbonyl (C=O) groups excluding carboxylic acids is 1. The van der Waals surface area contributed by atoms with E-state index in [-0.39, 0.29) is 5.78 Å². The minimum absolute atomic E-state index is 0.0787. The van der Waals surface area contributed by atoms with Gasteiger partial charge < -0.3 is 0 Å². The zero-order valence-corrected chi connectivity index (χ0v) is 11.7. The molecule has 4 heteroatoms. The lowest BCUT2D eigenvalue weighted by Crippen LogP contribution is -2.01. The van der Waals surface area contributed by atoms with Gasteiger partial charge in [0.2, 0.25) is 0 Å². The van der Waals surface area contributed by atoms with Crippen molar-refractivity contribution in [1.82, 2.24) is 0 Å². The Morgan fingerprint density at radius 2 is 1.65 bits per heavy atom. The number of carbonyl (C=O) groups is 1. The molecule has 0 aliphatic carbocycles. The average Bonchev–Trinajstić information content (AvgIpc) is 2.55. The molecule has 0 radical (unpaired) electrons. The highest BCUT2D eigenvalue weighted by Crippen LogP contribution is 2.32. The third-order valence-electron chi connectivity index (χ3n) is 2.39. The summed E-state index contributed by atoms with van der Waals surface area (Å²) in [5, 5.41) is 0. The largest absolute Gasteiger partial charge is 0.289 e. The average molecular weight is 285 g/mol. The van der Waals surface area contributed by atoms with Crippen molar-refractivity contribution in [3.63, 3.8) is 0 Å². The number of halogens is 2. The fourth-order valence-electron chi connectivity index (χ4n) is 1.76. The standard InChI is InChI=1S/C13H10Cl2OS/c1-7-3-8(2)5-9(4-7)12(16)10-6-11(14)17-13(10)15/h3-6H,1-2H3. The molecule has 0 amide bonds. The van der Waals surface area contributed by atoms with Gasteiger partial charge >= 0.3 is 0 Å². The van der Waals surface area contributed by atoms with Gasteiger partial charge in [0.1, 0.15) is 4.34 Å². The second-order valence-electron chi connectivity index (χ2n) is 3.94. The van der Waals surface area contributed by atoms with E-state index in [4.69, 9.17) is 23.2 Å². The number of ketones is 1. The summed E-state index contributed by atoms with van der Waals surface area (Å²) >= 11 is 13.0. The second kappa shape index (κ2) is 4.81. The predicted octanol–water partition coefficient (Wildman–Crippen LogP) is 4.90. The molecule has 1 aromatic carbocycles. The summed E-state index contributed by atoms with van der Waals surface area (Å²) in [7, 11) is 0. The Hall–Kier alpha value is -0.830. The molecular weight excluding hydrogens is 275 g/mol. The van der Waals surface area contributed by atoms with Gasteiger partial charge in [-0.3, -0.25) is 4.79 Å². The Bertz CT molecular complexity index is 567. The first-order chi connectivity index (χ1) is 7.97. The fraction of sp³-hybridized carbons (Fsp3) is 0.154. The van der Waals surface area contributed by atoms with Crippen molar-refractivity contribution in [3.8, 4) is 0 Å². The van der Waals surface area contributed by atoms with Crippen LogP contribution in [0.15, 0.2) is 24.3 Å². The normalized spacial score (nSPS) is 10.6. The summed E-state index contributed by atoms with van der Waals surface area (Å²) in [6.07, 6.45) is 0. The van der Waals surface area contributed by atoms with Crippen LogP contribution in [0.2, 0.25) is 8.67 Å². The highest BCUT2D eigenvalue weighted by atomic mass is 35.5. The number of hydrogen-bond donors (Lipinski definition) is 0. The molecule has 17 heavy (non-hydrogen) atoms. The molecule has 0 saturated heterocycles. The summed E-state index contributed by atoms with van der Waals surface area (Å²) < 4.78 is 0.974. The van der Waals surface area contributed by atoms with Crippen LogP contribution >= 0.6 is 34.5 Å². The Labute approximate surface area is 114 Å². The molecule has 1 heterocycles. The van der Waals surface area contributed by atoms with Gasteiger partial charge in [-0.15, -0.1) is 11.3 Å². The van der Waals surface area contributed by atoms with E-state index in [1.165, 1.54) is 11.3 Å². The number of rotatable bonds is 2. The van der Waals surface area contributed by atoms with Gasteiger partial charge in [0.15, 0.2) is 5.78 Å². The molecule has 0 saturated carbocycles. The maximum atomic E-state index is 12.2. The third-order valence-corrected chi connectivity index (χ3v) is 3.87. The lowest BCUT2D eigenvalue weighted by atomic mass is 10.0. The van der Waals surface area contributed by atoms with E-state index >= 15 is 0 Å². The van der Waals surface area contributed by atoms with Crippen LogP contribution in [-0.4, -0.2) is 5.78 Å². The van der Waals surface area contributed by atoms with E-state index in [2.05, 4.69) is 0 Å². The molecule has 0 atom stereocenters. The fourth-order valence-corrected chi connectivity index (χ4v) is 3.21. The molecular formula is C13H10Cl2OS. The van der Waals surface area contributed by atoms with Crippen molar-refractivity contribution in [3.05, 3.63) is 55.2 Å². The number of thiophene rings is 1. The molecule has 2 aromatic rings. The van der Waals surface area contributed by atoms with Gasteiger partial charge in [-0.1, -0.05) is 40.4 Å². The molecule has 0 aliphatic heterocycles. The smallest absolute Gasteiger partial charge is 0.195 e.